The van der Waals surface area contributed by atoms with E-state index in [0.29, 0.717) is 35.3 Å². The first-order valence-corrected chi connectivity index (χ1v) is 14.0. The zero-order chi connectivity index (χ0) is 26.0. The predicted octanol–water partition coefficient (Wildman–Crippen LogP) is 6.30. The van der Waals surface area contributed by atoms with Crippen LogP contribution in [0.4, 0.5) is 0 Å². The molecule has 6 heteroatoms. The van der Waals surface area contributed by atoms with Crippen molar-refractivity contribution in [3.63, 3.8) is 0 Å². The van der Waals surface area contributed by atoms with Crippen LogP contribution in [-0.4, -0.2) is 33.5 Å². The summed E-state index contributed by atoms with van der Waals surface area (Å²) in [4.78, 5) is 0.321. The molecule has 0 radical (unpaired) electrons. The van der Waals surface area contributed by atoms with Gasteiger partial charge in [0.1, 0.15) is 0 Å². The molecule has 5 nitrogen and oxygen atoms in total. The van der Waals surface area contributed by atoms with Gasteiger partial charge >= 0.3 is 0 Å². The second kappa shape index (κ2) is 10.7. The number of sulfonamides is 1. The predicted molar refractivity (Wildman–Crippen MR) is 144 cm³/mol. The van der Waals surface area contributed by atoms with Crippen LogP contribution in [0.15, 0.2) is 65.6 Å². The zero-order valence-electron chi connectivity index (χ0n) is 22.1. The SMILES string of the molecule is COc1cc2c(cc1OC)C(C(C)c1ccc(CC(C)C)cc1)N(S(=O)(=O)c1ccc(C)cc1)CC2. The third-order valence-corrected chi connectivity index (χ3v) is 9.02. The third kappa shape index (κ3) is 5.16. The first-order chi connectivity index (χ1) is 17.1. The molecule has 0 spiro atoms. The highest BCUT2D eigenvalue weighted by molar-refractivity contribution is 7.89. The van der Waals surface area contributed by atoms with Gasteiger partial charge < -0.3 is 9.47 Å². The molecule has 0 saturated heterocycles. The molecule has 2 atom stereocenters. The summed E-state index contributed by atoms with van der Waals surface area (Å²) in [5.74, 6) is 1.78. The first kappa shape index (κ1) is 26.2. The van der Waals surface area contributed by atoms with Gasteiger partial charge in [-0.2, -0.15) is 4.31 Å². The van der Waals surface area contributed by atoms with E-state index in [1.54, 1.807) is 30.7 Å². The summed E-state index contributed by atoms with van der Waals surface area (Å²) in [6, 6.07) is 19.3. The highest BCUT2D eigenvalue weighted by Crippen LogP contribution is 2.46. The Morgan fingerprint density at radius 3 is 2.11 bits per heavy atom. The maximum Gasteiger partial charge on any atom is 0.243 e. The Bertz CT molecular complexity index is 1300. The average Bonchev–Trinajstić information content (AvgIpc) is 2.87. The van der Waals surface area contributed by atoms with E-state index in [2.05, 4.69) is 45.0 Å². The number of hydrogen-bond donors (Lipinski definition) is 0. The molecule has 3 aromatic carbocycles. The van der Waals surface area contributed by atoms with E-state index in [1.165, 1.54) is 5.56 Å². The van der Waals surface area contributed by atoms with Gasteiger partial charge in [0, 0.05) is 12.5 Å². The Kier molecular flexibility index (Phi) is 7.76. The van der Waals surface area contributed by atoms with Gasteiger partial charge in [0.25, 0.3) is 0 Å². The highest BCUT2D eigenvalue weighted by Gasteiger charge is 2.40. The van der Waals surface area contributed by atoms with Gasteiger partial charge in [-0.15, -0.1) is 0 Å². The smallest absolute Gasteiger partial charge is 0.243 e. The molecular formula is C30H37NO4S. The average molecular weight is 508 g/mol. The van der Waals surface area contributed by atoms with E-state index in [-0.39, 0.29) is 12.0 Å². The minimum Gasteiger partial charge on any atom is -0.493 e. The Balaban J connectivity index is 1.82. The number of benzene rings is 3. The van der Waals surface area contributed by atoms with Gasteiger partial charge in [-0.3, -0.25) is 0 Å². The number of hydrogen-bond acceptors (Lipinski definition) is 4. The molecule has 1 aliphatic rings. The van der Waals surface area contributed by atoms with Crippen LogP contribution in [0.3, 0.4) is 0 Å². The van der Waals surface area contributed by atoms with Gasteiger partial charge in [-0.1, -0.05) is 62.7 Å². The quantitative estimate of drug-likeness (QED) is 0.359. The summed E-state index contributed by atoms with van der Waals surface area (Å²) in [6.07, 6.45) is 1.63. The van der Waals surface area contributed by atoms with E-state index in [9.17, 15) is 8.42 Å². The molecule has 3 aromatic rings. The van der Waals surface area contributed by atoms with E-state index < -0.39 is 10.0 Å². The maximum absolute atomic E-state index is 14.0. The van der Waals surface area contributed by atoms with Crippen LogP contribution in [0.2, 0.25) is 0 Å². The number of aryl methyl sites for hydroxylation is 1. The second-order valence-corrected chi connectivity index (χ2v) is 12.0. The van der Waals surface area contributed by atoms with E-state index >= 15 is 0 Å². The Labute approximate surface area is 216 Å². The molecule has 0 aromatic heterocycles. The zero-order valence-corrected chi connectivity index (χ0v) is 22.9. The number of methoxy groups -OCH3 is 2. The lowest BCUT2D eigenvalue weighted by atomic mass is 9.83. The van der Waals surface area contributed by atoms with Crippen LogP contribution < -0.4 is 9.47 Å². The number of ether oxygens (including phenoxy) is 2. The second-order valence-electron chi connectivity index (χ2n) is 10.2. The molecule has 0 amide bonds. The van der Waals surface area contributed by atoms with Crippen molar-refractivity contribution in [1.82, 2.24) is 4.31 Å². The molecule has 1 heterocycles. The van der Waals surface area contributed by atoms with E-state index in [4.69, 9.17) is 9.47 Å². The van der Waals surface area contributed by atoms with Crippen molar-refractivity contribution in [3.8, 4) is 11.5 Å². The molecule has 0 fully saturated rings. The molecule has 192 valence electrons. The number of rotatable bonds is 8. The molecule has 0 N–H and O–H groups in total. The number of nitrogens with zero attached hydrogens (tertiary/aromatic N) is 1. The largest absolute Gasteiger partial charge is 0.493 e. The molecule has 0 aliphatic carbocycles. The van der Waals surface area contributed by atoms with Crippen molar-refractivity contribution < 1.29 is 17.9 Å². The molecule has 1 aliphatic heterocycles. The fourth-order valence-corrected chi connectivity index (χ4v) is 6.88. The van der Waals surface area contributed by atoms with Crippen LogP contribution in [0.5, 0.6) is 11.5 Å². The minimum atomic E-state index is -3.72. The summed E-state index contributed by atoms with van der Waals surface area (Å²) in [6.45, 7) is 8.90. The molecule has 4 rings (SSSR count). The van der Waals surface area contributed by atoms with Gasteiger partial charge in [0.15, 0.2) is 11.5 Å². The Morgan fingerprint density at radius 2 is 1.53 bits per heavy atom. The van der Waals surface area contributed by atoms with Gasteiger partial charge in [-0.25, -0.2) is 8.42 Å². The fraction of sp³-hybridized carbons (Fsp3) is 0.400. The Morgan fingerprint density at radius 1 is 0.917 bits per heavy atom. The van der Waals surface area contributed by atoms with Crippen LogP contribution in [0.25, 0.3) is 0 Å². The molecule has 36 heavy (non-hydrogen) atoms. The standard InChI is InChI=1S/C30H37NO4S/c1-20(2)17-23-9-11-24(12-10-23)22(4)30-27-19-29(35-6)28(34-5)18-25(27)15-16-31(30)36(32,33)26-13-7-21(3)8-14-26/h7-14,18-20,22,30H,15-17H2,1-6H3. The van der Waals surface area contributed by atoms with Crippen molar-refractivity contribution in [2.24, 2.45) is 5.92 Å². The lowest BCUT2D eigenvalue weighted by molar-refractivity contribution is 0.273. The highest BCUT2D eigenvalue weighted by atomic mass is 32.2. The molecule has 2 unspecified atom stereocenters. The molecule has 0 saturated carbocycles. The number of fused-ring (bicyclic) bond motifs is 1. The summed E-state index contributed by atoms with van der Waals surface area (Å²) < 4.78 is 40.8. The lowest BCUT2D eigenvalue weighted by Crippen LogP contribution is -2.42. The maximum atomic E-state index is 14.0. The van der Waals surface area contributed by atoms with Gasteiger partial charge in [-0.05, 0) is 72.2 Å². The van der Waals surface area contributed by atoms with Crippen molar-refractivity contribution in [2.75, 3.05) is 20.8 Å². The molecule has 0 bridgehead atoms. The fourth-order valence-electron chi connectivity index (χ4n) is 5.20. The molecular weight excluding hydrogens is 470 g/mol. The van der Waals surface area contributed by atoms with E-state index in [1.807, 2.05) is 31.2 Å². The normalized spacial score (nSPS) is 17.0. The van der Waals surface area contributed by atoms with Gasteiger partial charge in [0.2, 0.25) is 10.0 Å². The monoisotopic (exact) mass is 507 g/mol. The van der Waals surface area contributed by atoms with Crippen molar-refractivity contribution in [2.45, 2.75) is 57.4 Å². The van der Waals surface area contributed by atoms with Crippen molar-refractivity contribution in [1.29, 1.82) is 0 Å². The van der Waals surface area contributed by atoms with Crippen LogP contribution in [0.1, 0.15) is 60.5 Å². The van der Waals surface area contributed by atoms with Crippen LogP contribution in [0, 0.1) is 12.8 Å². The van der Waals surface area contributed by atoms with Crippen molar-refractivity contribution in [3.05, 3.63) is 88.5 Å². The summed E-state index contributed by atoms with van der Waals surface area (Å²) in [7, 11) is -0.486. The van der Waals surface area contributed by atoms with Crippen LogP contribution >= 0.6 is 0 Å². The lowest BCUT2D eigenvalue weighted by Gasteiger charge is -2.40. The summed E-state index contributed by atoms with van der Waals surface area (Å²) in [5.41, 5.74) is 5.49. The minimum absolute atomic E-state index is 0.0736. The first-order valence-electron chi connectivity index (χ1n) is 12.6. The third-order valence-electron chi connectivity index (χ3n) is 7.13. The summed E-state index contributed by atoms with van der Waals surface area (Å²) in [5, 5.41) is 0. The van der Waals surface area contributed by atoms with Crippen LogP contribution in [-0.2, 0) is 22.9 Å². The topological polar surface area (TPSA) is 55.8 Å². The van der Waals surface area contributed by atoms with Crippen molar-refractivity contribution >= 4 is 10.0 Å². The summed E-state index contributed by atoms with van der Waals surface area (Å²) >= 11 is 0. The van der Waals surface area contributed by atoms with Gasteiger partial charge in [0.05, 0.1) is 25.2 Å². The van der Waals surface area contributed by atoms with E-state index in [0.717, 1.165) is 28.7 Å². The Hall–Kier alpha value is -2.83.